The number of aromatic nitrogens is 3. The van der Waals surface area contributed by atoms with Crippen LogP contribution in [0, 0.1) is 17.8 Å². The summed E-state index contributed by atoms with van der Waals surface area (Å²) < 4.78 is 93.5. The first-order valence-corrected chi connectivity index (χ1v) is 19.2. The Balaban J connectivity index is 1.09. The fourth-order valence-electron chi connectivity index (χ4n) is 10.2. The molecule has 8 rings (SSSR count). The minimum atomic E-state index is -5.06. The SMILES string of the molecule is CC1CC2CC(C1)C(NC(=O)c1cnc(-c3cn(C4CCC(F)CC4)c4cc(OC5CCC(N6CC(F)(F)C6)CC5)ccc34)nc1C(F)(F)F)(C(=O)O)C2. The number of amides is 1. The van der Waals surface area contributed by atoms with Crippen molar-refractivity contribution in [3.8, 4) is 17.1 Å². The molecule has 0 radical (unpaired) electrons. The molecule has 5 fully saturated rings. The molecule has 3 aromatic rings. The third kappa shape index (κ3) is 6.94. The smallest absolute Gasteiger partial charge is 0.434 e. The van der Waals surface area contributed by atoms with Crippen LogP contribution in [0.5, 0.6) is 5.75 Å². The van der Waals surface area contributed by atoms with Gasteiger partial charge in [-0.3, -0.25) is 9.69 Å². The van der Waals surface area contributed by atoms with E-state index in [0.717, 1.165) is 25.5 Å². The standard InChI is InChI=1S/C39H45F6N5O4/c1-21-12-22-14-23(13-21)38(16-22,36(52)53)48-35(51)30-17-46-34(47-33(30)39(43,44)45)31-18-50(26-4-2-24(40)3-5-26)32-15-28(10-11-29(31)32)54-27-8-6-25(7-9-27)49-19-37(41,42)20-49/h10-11,15,17-18,21-27H,2-9,12-14,16,19-20H2,1H3,(H,48,51)(H,52,53). The number of hydrogen-bond acceptors (Lipinski definition) is 6. The zero-order valence-corrected chi connectivity index (χ0v) is 30.1. The lowest BCUT2D eigenvalue weighted by atomic mass is 9.78. The Morgan fingerprint density at radius 1 is 0.981 bits per heavy atom. The molecule has 4 saturated carbocycles. The number of likely N-dealkylation sites (tertiary alicyclic amines) is 1. The van der Waals surface area contributed by atoms with Crippen molar-refractivity contribution >= 4 is 22.8 Å². The van der Waals surface area contributed by atoms with Crippen LogP contribution in [0.4, 0.5) is 26.3 Å². The van der Waals surface area contributed by atoms with Crippen molar-refractivity contribution in [3.05, 3.63) is 41.9 Å². The third-order valence-corrected chi connectivity index (χ3v) is 12.8. The van der Waals surface area contributed by atoms with Crippen molar-refractivity contribution in [3.63, 3.8) is 0 Å². The highest BCUT2D eigenvalue weighted by molar-refractivity contribution is 6.00. The van der Waals surface area contributed by atoms with E-state index in [4.69, 9.17) is 4.74 Å². The van der Waals surface area contributed by atoms with E-state index in [9.17, 15) is 41.0 Å². The molecule has 2 N–H and O–H groups in total. The van der Waals surface area contributed by atoms with Gasteiger partial charge in [-0.1, -0.05) is 6.92 Å². The van der Waals surface area contributed by atoms with Gasteiger partial charge < -0.3 is 19.7 Å². The van der Waals surface area contributed by atoms with Crippen molar-refractivity contribution in [1.29, 1.82) is 0 Å². The van der Waals surface area contributed by atoms with Crippen molar-refractivity contribution in [2.24, 2.45) is 17.8 Å². The summed E-state index contributed by atoms with van der Waals surface area (Å²) in [5.74, 6) is -4.86. The lowest BCUT2D eigenvalue weighted by Crippen LogP contribution is -2.60. The Kier molecular flexibility index (Phi) is 9.40. The second kappa shape index (κ2) is 13.7. The number of fused-ring (bicyclic) bond motifs is 3. The predicted octanol–water partition coefficient (Wildman–Crippen LogP) is 8.22. The number of carboxylic acid groups (broad SMARTS) is 1. The summed E-state index contributed by atoms with van der Waals surface area (Å²) in [6, 6.07) is 5.24. The van der Waals surface area contributed by atoms with Crippen LogP contribution in [0.2, 0.25) is 0 Å². The number of rotatable bonds is 8. The molecule has 15 heteroatoms. The van der Waals surface area contributed by atoms with E-state index in [-0.39, 0.29) is 55.4 Å². The number of carboxylic acids is 1. The number of halogens is 6. The molecule has 1 aliphatic heterocycles. The van der Waals surface area contributed by atoms with Crippen LogP contribution in [0.25, 0.3) is 22.3 Å². The number of benzene rings is 1. The van der Waals surface area contributed by atoms with Gasteiger partial charge in [-0.05, 0) is 107 Å². The largest absolute Gasteiger partial charge is 0.490 e. The predicted molar refractivity (Wildman–Crippen MR) is 186 cm³/mol. The number of carbonyl (C=O) groups is 2. The summed E-state index contributed by atoms with van der Waals surface area (Å²) in [6.07, 6.45) is 3.08. The minimum Gasteiger partial charge on any atom is -0.490 e. The van der Waals surface area contributed by atoms with Crippen LogP contribution in [0.1, 0.15) is 106 Å². The maximum Gasteiger partial charge on any atom is 0.434 e. The van der Waals surface area contributed by atoms with Crippen molar-refractivity contribution in [2.75, 3.05) is 13.1 Å². The molecule has 5 aliphatic rings. The lowest BCUT2D eigenvalue weighted by Gasteiger charge is -2.46. The molecular weight excluding hydrogens is 716 g/mol. The number of carbonyl (C=O) groups excluding carboxylic acids is 1. The van der Waals surface area contributed by atoms with Crippen LogP contribution in [0.3, 0.4) is 0 Å². The highest BCUT2D eigenvalue weighted by atomic mass is 19.4. The molecule has 9 nitrogen and oxygen atoms in total. The average Bonchev–Trinajstić information content (AvgIpc) is 3.61. The van der Waals surface area contributed by atoms with E-state index in [0.29, 0.717) is 73.6 Å². The van der Waals surface area contributed by atoms with Crippen molar-refractivity contribution < 1.29 is 45.8 Å². The van der Waals surface area contributed by atoms with Gasteiger partial charge in [0.05, 0.1) is 30.3 Å². The quantitative estimate of drug-likeness (QED) is 0.223. The van der Waals surface area contributed by atoms with Crippen LogP contribution in [-0.4, -0.2) is 79.3 Å². The number of alkyl halides is 6. The van der Waals surface area contributed by atoms with E-state index in [2.05, 4.69) is 15.3 Å². The Morgan fingerprint density at radius 2 is 1.69 bits per heavy atom. The first-order chi connectivity index (χ1) is 25.6. The lowest BCUT2D eigenvalue weighted by molar-refractivity contribution is -0.151. The van der Waals surface area contributed by atoms with E-state index >= 15 is 0 Å². The Morgan fingerprint density at radius 3 is 2.35 bits per heavy atom. The minimum absolute atomic E-state index is 0.0579. The van der Waals surface area contributed by atoms with Crippen molar-refractivity contribution in [2.45, 2.75) is 126 Å². The van der Waals surface area contributed by atoms with Gasteiger partial charge in [0, 0.05) is 41.5 Å². The second-order valence-corrected chi connectivity index (χ2v) is 16.6. The molecule has 1 saturated heterocycles. The molecule has 2 aromatic heterocycles. The molecule has 292 valence electrons. The highest BCUT2D eigenvalue weighted by Crippen LogP contribution is 2.51. The molecule has 54 heavy (non-hydrogen) atoms. The fraction of sp³-hybridized carbons (Fsp3) is 0.641. The average molecular weight is 762 g/mol. The van der Waals surface area contributed by atoms with Gasteiger partial charge in [-0.2, -0.15) is 13.2 Å². The molecule has 2 bridgehead atoms. The Bertz CT molecular complexity index is 1910. The normalized spacial score (nSPS) is 32.6. The molecule has 1 aromatic carbocycles. The summed E-state index contributed by atoms with van der Waals surface area (Å²) in [7, 11) is 0. The van der Waals surface area contributed by atoms with Gasteiger partial charge in [-0.15, -0.1) is 0 Å². The van der Waals surface area contributed by atoms with Crippen LogP contribution >= 0.6 is 0 Å². The number of aliphatic carboxylic acids is 1. The Labute approximate surface area is 308 Å². The van der Waals surface area contributed by atoms with Gasteiger partial charge in [0.15, 0.2) is 11.5 Å². The number of nitrogens with one attached hydrogen (secondary N) is 1. The highest BCUT2D eigenvalue weighted by Gasteiger charge is 2.56. The maximum atomic E-state index is 14.7. The van der Waals surface area contributed by atoms with Crippen LogP contribution in [0.15, 0.2) is 30.6 Å². The molecule has 0 spiro atoms. The first kappa shape index (κ1) is 37.1. The van der Waals surface area contributed by atoms with Gasteiger partial charge in [0.25, 0.3) is 11.8 Å². The van der Waals surface area contributed by atoms with Gasteiger partial charge in [0.2, 0.25) is 0 Å². The fourth-order valence-corrected chi connectivity index (χ4v) is 10.2. The summed E-state index contributed by atoms with van der Waals surface area (Å²) in [5, 5.41) is 13.3. The summed E-state index contributed by atoms with van der Waals surface area (Å²) >= 11 is 0. The third-order valence-electron chi connectivity index (χ3n) is 12.8. The number of nitrogens with zero attached hydrogens (tertiary/aromatic N) is 4. The van der Waals surface area contributed by atoms with E-state index in [1.807, 2.05) is 22.5 Å². The molecule has 4 unspecified atom stereocenters. The zero-order valence-electron chi connectivity index (χ0n) is 30.1. The van der Waals surface area contributed by atoms with Crippen molar-refractivity contribution in [1.82, 2.24) is 24.8 Å². The van der Waals surface area contributed by atoms with Crippen LogP contribution < -0.4 is 10.1 Å². The summed E-state index contributed by atoms with van der Waals surface area (Å²) in [5.41, 5.74) is -3.03. The molecular formula is C39H45F6N5O4. The second-order valence-electron chi connectivity index (χ2n) is 16.6. The van der Waals surface area contributed by atoms with E-state index < -0.39 is 52.9 Å². The van der Waals surface area contributed by atoms with Gasteiger partial charge in [-0.25, -0.2) is 27.9 Å². The molecule has 4 aliphatic carbocycles. The van der Waals surface area contributed by atoms with Gasteiger partial charge >= 0.3 is 12.1 Å². The van der Waals surface area contributed by atoms with Gasteiger partial charge in [0.1, 0.15) is 17.5 Å². The first-order valence-electron chi connectivity index (χ1n) is 19.2. The zero-order chi connectivity index (χ0) is 38.2. The van der Waals surface area contributed by atoms with E-state index in [1.54, 1.807) is 18.3 Å². The molecule has 3 heterocycles. The topological polar surface area (TPSA) is 110 Å². The Hall–Kier alpha value is -3.88. The van der Waals surface area contributed by atoms with E-state index in [1.165, 1.54) is 0 Å². The summed E-state index contributed by atoms with van der Waals surface area (Å²) in [6.45, 7) is 1.59. The van der Waals surface area contributed by atoms with Crippen LogP contribution in [-0.2, 0) is 11.0 Å². The summed E-state index contributed by atoms with van der Waals surface area (Å²) in [4.78, 5) is 36.2. The number of hydrogen-bond donors (Lipinski definition) is 2. The number of ether oxygens (including phenoxy) is 1. The maximum absolute atomic E-state index is 14.7. The molecule has 1 amide bonds. The molecule has 4 atom stereocenters. The monoisotopic (exact) mass is 761 g/mol.